The molecule has 0 radical (unpaired) electrons. The van der Waals surface area contributed by atoms with E-state index in [9.17, 15) is 4.79 Å². The van der Waals surface area contributed by atoms with E-state index < -0.39 is 0 Å². The van der Waals surface area contributed by atoms with Crippen molar-refractivity contribution in [2.75, 3.05) is 6.61 Å². The third-order valence-corrected chi connectivity index (χ3v) is 2.26. The lowest BCUT2D eigenvalue weighted by Crippen LogP contribution is -1.91. The summed E-state index contributed by atoms with van der Waals surface area (Å²) in [6.45, 7) is 1.51. The number of allylic oxidation sites excluding steroid dienone is 3. The van der Waals surface area contributed by atoms with Crippen molar-refractivity contribution in [2.45, 2.75) is 6.92 Å². The van der Waals surface area contributed by atoms with Crippen LogP contribution in [0.3, 0.4) is 0 Å². The maximum Gasteiger partial charge on any atom is 0.159 e. The molecule has 17 heavy (non-hydrogen) atoms. The third kappa shape index (κ3) is 3.75. The Hall–Kier alpha value is -2.11. The van der Waals surface area contributed by atoms with Crippen LogP contribution in [-0.2, 0) is 0 Å². The van der Waals surface area contributed by atoms with Crippen molar-refractivity contribution in [3.63, 3.8) is 0 Å². The number of aliphatic hydroxyl groups excluding tert-OH is 1. The van der Waals surface area contributed by atoms with Gasteiger partial charge in [-0.1, -0.05) is 42.3 Å². The van der Waals surface area contributed by atoms with Crippen LogP contribution < -0.4 is 0 Å². The summed E-state index contributed by atoms with van der Waals surface area (Å²) in [5, 5.41) is 8.61. The molecule has 0 saturated carbocycles. The lowest BCUT2D eigenvalue weighted by molar-refractivity contribution is 0.101. The number of carbonyl (C=O) groups is 1. The number of hydrogen-bond donors (Lipinski definition) is 1. The highest BCUT2D eigenvalue weighted by molar-refractivity contribution is 5.94. The van der Waals surface area contributed by atoms with E-state index in [0.717, 1.165) is 5.56 Å². The van der Waals surface area contributed by atoms with E-state index in [0.29, 0.717) is 11.1 Å². The Labute approximate surface area is 101 Å². The maximum atomic E-state index is 11.1. The minimum Gasteiger partial charge on any atom is -0.392 e. The van der Waals surface area contributed by atoms with Gasteiger partial charge in [-0.15, -0.1) is 6.42 Å². The zero-order valence-electron chi connectivity index (χ0n) is 9.68. The van der Waals surface area contributed by atoms with Crippen molar-refractivity contribution >= 4 is 11.4 Å². The molecule has 1 aromatic carbocycles. The molecule has 0 fully saturated rings. The van der Waals surface area contributed by atoms with Crippen molar-refractivity contribution < 1.29 is 9.90 Å². The zero-order valence-corrected chi connectivity index (χ0v) is 9.68. The standard InChI is InChI=1S/C15H14O2/c1-3-13(6-4-5-11-16)15-9-7-14(8-10-15)12(2)17/h1,4-10,16H,11H2,2H3/b5-4-,13-6+. The predicted molar refractivity (Wildman–Crippen MR) is 69.5 cm³/mol. The monoisotopic (exact) mass is 226 g/mol. The van der Waals surface area contributed by atoms with Crippen molar-refractivity contribution in [1.82, 2.24) is 0 Å². The van der Waals surface area contributed by atoms with Crippen LogP contribution >= 0.6 is 0 Å². The minimum atomic E-state index is -0.0162. The summed E-state index contributed by atoms with van der Waals surface area (Å²) in [5.41, 5.74) is 2.25. The molecule has 0 saturated heterocycles. The van der Waals surface area contributed by atoms with Gasteiger partial charge in [0, 0.05) is 11.1 Å². The van der Waals surface area contributed by atoms with E-state index in [1.165, 1.54) is 6.92 Å². The first-order chi connectivity index (χ1) is 8.19. The predicted octanol–water partition coefficient (Wildman–Crippen LogP) is 2.45. The summed E-state index contributed by atoms with van der Waals surface area (Å²) in [6, 6.07) is 7.13. The van der Waals surface area contributed by atoms with Gasteiger partial charge in [0.1, 0.15) is 0 Å². The number of carbonyl (C=O) groups excluding carboxylic acids is 1. The summed E-state index contributed by atoms with van der Waals surface area (Å²) in [6.07, 6.45) is 10.5. The van der Waals surface area contributed by atoms with E-state index >= 15 is 0 Å². The first-order valence-electron chi connectivity index (χ1n) is 5.24. The Morgan fingerprint density at radius 3 is 2.41 bits per heavy atom. The second-order valence-corrected chi connectivity index (χ2v) is 3.47. The molecule has 0 aromatic heterocycles. The molecule has 2 nitrogen and oxygen atoms in total. The van der Waals surface area contributed by atoms with Gasteiger partial charge in [0.05, 0.1) is 6.61 Å². The highest BCUT2D eigenvalue weighted by Gasteiger charge is 2.00. The van der Waals surface area contributed by atoms with Gasteiger partial charge in [-0.05, 0) is 18.6 Å². The fourth-order valence-electron chi connectivity index (χ4n) is 1.34. The number of rotatable bonds is 4. The Balaban J connectivity index is 2.98. The fraction of sp³-hybridized carbons (Fsp3) is 0.133. The molecule has 0 atom stereocenters. The van der Waals surface area contributed by atoms with Crippen LogP contribution in [0.15, 0.2) is 42.5 Å². The number of benzene rings is 1. The smallest absolute Gasteiger partial charge is 0.159 e. The van der Waals surface area contributed by atoms with Crippen LogP contribution in [0, 0.1) is 12.3 Å². The molecule has 0 spiro atoms. The first kappa shape index (κ1) is 13.0. The number of Topliss-reactive ketones (excluding diaryl/α,β-unsaturated/α-hetero) is 1. The Bertz CT molecular complexity index is 485. The molecular weight excluding hydrogens is 212 g/mol. The molecular formula is C15H14O2. The molecule has 0 aliphatic rings. The number of hydrogen-bond acceptors (Lipinski definition) is 2. The fourth-order valence-corrected chi connectivity index (χ4v) is 1.34. The first-order valence-corrected chi connectivity index (χ1v) is 5.24. The summed E-state index contributed by atoms with van der Waals surface area (Å²) in [4.78, 5) is 11.1. The number of terminal acetylenes is 1. The van der Waals surface area contributed by atoms with Crippen molar-refractivity contribution in [1.29, 1.82) is 0 Å². The SMILES string of the molecule is C#C/C(=C\C=C/CO)c1ccc(C(C)=O)cc1. The second-order valence-electron chi connectivity index (χ2n) is 3.47. The Morgan fingerprint density at radius 1 is 1.35 bits per heavy atom. The van der Waals surface area contributed by atoms with Gasteiger partial charge >= 0.3 is 0 Å². The van der Waals surface area contributed by atoms with Crippen molar-refractivity contribution in [2.24, 2.45) is 0 Å². The van der Waals surface area contributed by atoms with E-state index in [1.807, 2.05) is 12.1 Å². The molecule has 1 rings (SSSR count). The van der Waals surface area contributed by atoms with Crippen LogP contribution in [0.5, 0.6) is 0 Å². The normalized spacial score (nSPS) is 11.5. The Morgan fingerprint density at radius 2 is 1.94 bits per heavy atom. The third-order valence-electron chi connectivity index (χ3n) is 2.26. The summed E-state index contributed by atoms with van der Waals surface area (Å²) in [7, 11) is 0. The molecule has 0 unspecified atom stereocenters. The van der Waals surface area contributed by atoms with E-state index in [4.69, 9.17) is 11.5 Å². The Kier molecular flexibility index (Phi) is 4.93. The van der Waals surface area contributed by atoms with E-state index in [2.05, 4.69) is 5.92 Å². The van der Waals surface area contributed by atoms with Gasteiger partial charge in [-0.2, -0.15) is 0 Å². The van der Waals surface area contributed by atoms with Crippen LogP contribution in [-0.4, -0.2) is 17.5 Å². The maximum absolute atomic E-state index is 11.1. The van der Waals surface area contributed by atoms with Gasteiger partial charge in [0.15, 0.2) is 5.78 Å². The van der Waals surface area contributed by atoms with Gasteiger partial charge in [0.2, 0.25) is 0 Å². The zero-order chi connectivity index (χ0) is 12.7. The molecule has 0 amide bonds. The molecule has 0 aliphatic heterocycles. The van der Waals surface area contributed by atoms with E-state index in [1.54, 1.807) is 30.4 Å². The highest BCUT2D eigenvalue weighted by atomic mass is 16.2. The van der Waals surface area contributed by atoms with Crippen LogP contribution in [0.1, 0.15) is 22.8 Å². The molecule has 1 aromatic rings. The van der Waals surface area contributed by atoms with Crippen molar-refractivity contribution in [3.05, 3.63) is 53.6 Å². The minimum absolute atomic E-state index is 0.0162. The average Bonchev–Trinajstić information content (AvgIpc) is 2.35. The lowest BCUT2D eigenvalue weighted by Gasteiger charge is -2.01. The van der Waals surface area contributed by atoms with Crippen molar-refractivity contribution in [3.8, 4) is 12.3 Å². The van der Waals surface area contributed by atoms with Gasteiger partial charge in [0.25, 0.3) is 0 Å². The van der Waals surface area contributed by atoms with Crippen LogP contribution in [0.4, 0.5) is 0 Å². The molecule has 0 bridgehead atoms. The summed E-state index contributed by atoms with van der Waals surface area (Å²) in [5.74, 6) is 2.60. The van der Waals surface area contributed by atoms with Crippen LogP contribution in [0.2, 0.25) is 0 Å². The molecule has 2 heteroatoms. The van der Waals surface area contributed by atoms with Gasteiger partial charge in [-0.3, -0.25) is 4.79 Å². The second kappa shape index (κ2) is 6.47. The van der Waals surface area contributed by atoms with E-state index in [-0.39, 0.29) is 12.4 Å². The summed E-state index contributed by atoms with van der Waals surface area (Å²) >= 11 is 0. The molecule has 86 valence electrons. The quantitative estimate of drug-likeness (QED) is 0.486. The van der Waals surface area contributed by atoms with Gasteiger partial charge < -0.3 is 5.11 Å². The molecule has 0 aliphatic carbocycles. The lowest BCUT2D eigenvalue weighted by atomic mass is 10.0. The van der Waals surface area contributed by atoms with Crippen LogP contribution in [0.25, 0.3) is 5.57 Å². The van der Waals surface area contributed by atoms with Gasteiger partial charge in [-0.25, -0.2) is 0 Å². The molecule has 1 N–H and O–H groups in total. The number of aliphatic hydroxyl groups is 1. The highest BCUT2D eigenvalue weighted by Crippen LogP contribution is 2.15. The largest absolute Gasteiger partial charge is 0.392 e. The molecule has 0 heterocycles. The summed E-state index contributed by atoms with van der Waals surface area (Å²) < 4.78 is 0. The number of ketones is 1. The topological polar surface area (TPSA) is 37.3 Å². The average molecular weight is 226 g/mol.